The first-order valence-corrected chi connectivity index (χ1v) is 7.90. The summed E-state index contributed by atoms with van der Waals surface area (Å²) in [6.07, 6.45) is 3.27. The van der Waals surface area contributed by atoms with E-state index >= 15 is 0 Å². The Labute approximate surface area is 126 Å². The van der Waals surface area contributed by atoms with Gasteiger partial charge in [0.1, 0.15) is 5.75 Å². The van der Waals surface area contributed by atoms with Crippen molar-refractivity contribution in [2.45, 2.75) is 19.3 Å². The highest BCUT2D eigenvalue weighted by atomic mass is 16.5. The minimum absolute atomic E-state index is 0.357. The van der Waals surface area contributed by atoms with Crippen molar-refractivity contribution < 1.29 is 9.53 Å². The van der Waals surface area contributed by atoms with Crippen LogP contribution in [0.2, 0.25) is 0 Å². The maximum absolute atomic E-state index is 12.0. The SMILES string of the molecule is COc1ccc(CCN2CCN(C(=O)C3CC3)CC2)cc1. The number of benzene rings is 1. The van der Waals surface area contributed by atoms with Gasteiger partial charge in [0.25, 0.3) is 0 Å². The van der Waals surface area contributed by atoms with Crippen molar-refractivity contribution in [2.75, 3.05) is 39.8 Å². The normalized spacial score (nSPS) is 19.6. The average molecular weight is 288 g/mol. The number of carbonyl (C=O) groups is 1. The van der Waals surface area contributed by atoms with Crippen LogP contribution < -0.4 is 4.74 Å². The predicted octanol–water partition coefficient (Wildman–Crippen LogP) is 1.79. The molecule has 0 radical (unpaired) electrons. The molecule has 0 bridgehead atoms. The van der Waals surface area contributed by atoms with Crippen molar-refractivity contribution in [2.24, 2.45) is 5.92 Å². The van der Waals surface area contributed by atoms with Crippen LogP contribution in [0.5, 0.6) is 5.75 Å². The molecule has 1 amide bonds. The summed E-state index contributed by atoms with van der Waals surface area (Å²) < 4.78 is 5.17. The Hall–Kier alpha value is -1.55. The number of methoxy groups -OCH3 is 1. The molecule has 21 heavy (non-hydrogen) atoms. The standard InChI is InChI=1S/C17H24N2O2/c1-21-16-6-2-14(3-7-16)8-9-18-10-12-19(13-11-18)17(20)15-4-5-15/h2-3,6-7,15H,4-5,8-13H2,1H3. The quantitative estimate of drug-likeness (QED) is 0.828. The van der Waals surface area contributed by atoms with Gasteiger partial charge in [-0.25, -0.2) is 0 Å². The Morgan fingerprint density at radius 3 is 2.38 bits per heavy atom. The summed E-state index contributed by atoms with van der Waals surface area (Å²) in [4.78, 5) is 16.5. The van der Waals surface area contributed by atoms with E-state index in [0.717, 1.165) is 57.7 Å². The Morgan fingerprint density at radius 2 is 1.81 bits per heavy atom. The highest BCUT2D eigenvalue weighted by molar-refractivity contribution is 5.81. The van der Waals surface area contributed by atoms with E-state index in [1.54, 1.807) is 7.11 Å². The molecule has 1 aromatic carbocycles. The number of carbonyl (C=O) groups excluding carboxylic acids is 1. The summed E-state index contributed by atoms with van der Waals surface area (Å²) in [5.41, 5.74) is 1.34. The lowest BCUT2D eigenvalue weighted by Gasteiger charge is -2.34. The molecular weight excluding hydrogens is 264 g/mol. The Kier molecular flexibility index (Phi) is 4.44. The van der Waals surface area contributed by atoms with Crippen LogP contribution in [0, 0.1) is 5.92 Å². The second-order valence-electron chi connectivity index (χ2n) is 6.04. The molecule has 1 aliphatic carbocycles. The summed E-state index contributed by atoms with van der Waals surface area (Å²) in [7, 11) is 1.69. The van der Waals surface area contributed by atoms with Crippen LogP contribution in [0.4, 0.5) is 0 Å². The highest BCUT2D eigenvalue weighted by Crippen LogP contribution is 2.31. The number of amides is 1. The van der Waals surface area contributed by atoms with E-state index in [-0.39, 0.29) is 0 Å². The summed E-state index contributed by atoms with van der Waals surface area (Å²) in [6, 6.07) is 8.29. The van der Waals surface area contributed by atoms with E-state index in [1.165, 1.54) is 5.56 Å². The third kappa shape index (κ3) is 3.76. The van der Waals surface area contributed by atoms with Gasteiger partial charge in [0, 0.05) is 38.6 Å². The lowest BCUT2D eigenvalue weighted by molar-refractivity contribution is -0.134. The van der Waals surface area contributed by atoms with Crippen LogP contribution in [-0.2, 0) is 11.2 Å². The summed E-state index contributed by atoms with van der Waals surface area (Å²) >= 11 is 0. The van der Waals surface area contributed by atoms with Crippen molar-refractivity contribution in [3.63, 3.8) is 0 Å². The van der Waals surface area contributed by atoms with Crippen LogP contribution in [0.3, 0.4) is 0 Å². The van der Waals surface area contributed by atoms with Crippen molar-refractivity contribution in [3.05, 3.63) is 29.8 Å². The largest absolute Gasteiger partial charge is 0.497 e. The van der Waals surface area contributed by atoms with Crippen molar-refractivity contribution in [1.82, 2.24) is 9.80 Å². The lowest BCUT2D eigenvalue weighted by atomic mass is 10.1. The second-order valence-corrected chi connectivity index (χ2v) is 6.04. The molecule has 0 aromatic heterocycles. The minimum atomic E-state index is 0.357. The van der Waals surface area contributed by atoms with Crippen LogP contribution in [0.15, 0.2) is 24.3 Å². The zero-order valence-electron chi connectivity index (χ0n) is 12.8. The van der Waals surface area contributed by atoms with Gasteiger partial charge in [0.05, 0.1) is 7.11 Å². The molecule has 1 aromatic rings. The van der Waals surface area contributed by atoms with E-state index in [9.17, 15) is 4.79 Å². The first kappa shape index (κ1) is 14.4. The summed E-state index contributed by atoms with van der Waals surface area (Å²) in [6.45, 7) is 4.89. The van der Waals surface area contributed by atoms with Gasteiger partial charge in [-0.1, -0.05) is 12.1 Å². The number of hydrogen-bond donors (Lipinski definition) is 0. The third-order valence-corrected chi connectivity index (χ3v) is 4.49. The number of rotatable bonds is 5. The zero-order chi connectivity index (χ0) is 14.7. The van der Waals surface area contributed by atoms with Gasteiger partial charge in [0.15, 0.2) is 0 Å². The molecule has 2 aliphatic rings. The monoisotopic (exact) mass is 288 g/mol. The third-order valence-electron chi connectivity index (χ3n) is 4.49. The first-order chi connectivity index (χ1) is 10.3. The average Bonchev–Trinajstić information content (AvgIpc) is 3.38. The fraction of sp³-hybridized carbons (Fsp3) is 0.588. The molecule has 1 saturated carbocycles. The van der Waals surface area contributed by atoms with Crippen LogP contribution in [-0.4, -0.2) is 55.5 Å². The molecule has 0 N–H and O–H groups in total. The molecular formula is C17H24N2O2. The molecule has 0 atom stereocenters. The second kappa shape index (κ2) is 6.48. The van der Waals surface area contributed by atoms with Crippen molar-refractivity contribution in [1.29, 1.82) is 0 Å². The molecule has 2 fully saturated rings. The Balaban J connectivity index is 1.41. The highest BCUT2D eigenvalue weighted by Gasteiger charge is 2.34. The number of ether oxygens (including phenoxy) is 1. The Morgan fingerprint density at radius 1 is 1.14 bits per heavy atom. The smallest absolute Gasteiger partial charge is 0.225 e. The van der Waals surface area contributed by atoms with Crippen LogP contribution >= 0.6 is 0 Å². The first-order valence-electron chi connectivity index (χ1n) is 7.90. The molecule has 0 unspecified atom stereocenters. The Bertz CT molecular complexity index is 474. The topological polar surface area (TPSA) is 32.8 Å². The van der Waals surface area contributed by atoms with Gasteiger partial charge in [-0.05, 0) is 37.0 Å². The zero-order valence-corrected chi connectivity index (χ0v) is 12.8. The van der Waals surface area contributed by atoms with E-state index in [0.29, 0.717) is 11.8 Å². The molecule has 0 spiro atoms. The fourth-order valence-corrected chi connectivity index (χ4v) is 2.86. The number of piperazine rings is 1. The number of hydrogen-bond acceptors (Lipinski definition) is 3. The van der Waals surface area contributed by atoms with E-state index in [4.69, 9.17) is 4.74 Å². The molecule has 4 heteroatoms. The fourth-order valence-electron chi connectivity index (χ4n) is 2.86. The summed E-state index contributed by atoms with van der Waals surface area (Å²) in [5.74, 6) is 1.66. The van der Waals surface area contributed by atoms with Crippen LogP contribution in [0.25, 0.3) is 0 Å². The predicted molar refractivity (Wildman–Crippen MR) is 82.4 cm³/mol. The molecule has 3 rings (SSSR count). The lowest BCUT2D eigenvalue weighted by Crippen LogP contribution is -2.49. The van der Waals surface area contributed by atoms with Crippen molar-refractivity contribution >= 4 is 5.91 Å². The minimum Gasteiger partial charge on any atom is -0.497 e. The van der Waals surface area contributed by atoms with Crippen molar-refractivity contribution in [3.8, 4) is 5.75 Å². The van der Waals surface area contributed by atoms with Gasteiger partial charge in [0.2, 0.25) is 5.91 Å². The summed E-state index contributed by atoms with van der Waals surface area (Å²) in [5, 5.41) is 0. The maximum Gasteiger partial charge on any atom is 0.225 e. The van der Waals surface area contributed by atoms with Gasteiger partial charge in [-0.2, -0.15) is 0 Å². The maximum atomic E-state index is 12.0. The molecule has 1 aliphatic heterocycles. The van der Waals surface area contributed by atoms with E-state index < -0.39 is 0 Å². The molecule has 4 nitrogen and oxygen atoms in total. The van der Waals surface area contributed by atoms with Crippen LogP contribution in [0.1, 0.15) is 18.4 Å². The van der Waals surface area contributed by atoms with Gasteiger partial charge >= 0.3 is 0 Å². The van der Waals surface area contributed by atoms with E-state index in [2.05, 4.69) is 21.9 Å². The molecule has 1 heterocycles. The van der Waals surface area contributed by atoms with Gasteiger partial charge < -0.3 is 9.64 Å². The van der Waals surface area contributed by atoms with Gasteiger partial charge in [-0.15, -0.1) is 0 Å². The molecule has 1 saturated heterocycles. The molecule has 114 valence electrons. The van der Waals surface area contributed by atoms with E-state index in [1.807, 2.05) is 12.1 Å². The van der Waals surface area contributed by atoms with Gasteiger partial charge in [-0.3, -0.25) is 9.69 Å². The number of nitrogens with zero attached hydrogens (tertiary/aromatic N) is 2.